The monoisotopic (exact) mass is 291 g/mol. The first-order valence-electron chi connectivity index (χ1n) is 5.72. The van der Waals surface area contributed by atoms with Gasteiger partial charge in [-0.05, 0) is 24.3 Å². The minimum Gasteiger partial charge on any atom is -0.293 e. The Morgan fingerprint density at radius 3 is 2.50 bits per heavy atom. The average Bonchev–Trinajstić information content (AvgIpc) is 2.45. The molecule has 20 heavy (non-hydrogen) atoms. The van der Waals surface area contributed by atoms with E-state index >= 15 is 0 Å². The number of carbonyl (C=O) groups is 1. The Hall–Kier alpha value is -2.21. The summed E-state index contributed by atoms with van der Waals surface area (Å²) in [5, 5.41) is 10.5. The largest absolute Gasteiger partial charge is 0.293 e. The number of hydrogen-bond acceptors (Lipinski definition) is 4. The topological polar surface area (TPSA) is 60.2 Å². The number of benzene rings is 2. The molecule has 2 aromatic rings. The molecule has 0 spiro atoms. The van der Waals surface area contributed by atoms with Gasteiger partial charge >= 0.3 is 0 Å². The van der Waals surface area contributed by atoms with Crippen LogP contribution in [-0.2, 0) is 0 Å². The minimum atomic E-state index is -0.480. The molecule has 0 fully saturated rings. The van der Waals surface area contributed by atoms with Gasteiger partial charge in [-0.2, -0.15) is 0 Å². The van der Waals surface area contributed by atoms with Gasteiger partial charge < -0.3 is 0 Å². The second kappa shape index (κ2) is 6.29. The normalized spacial score (nSPS) is 10.2. The lowest BCUT2D eigenvalue weighted by Crippen LogP contribution is -2.02. The summed E-state index contributed by atoms with van der Waals surface area (Å²) >= 11 is 1.26. The SMILES string of the molecule is O=C(CSc1ccc([N+](=O)[O-])cc1)c1cccc(F)c1. The Morgan fingerprint density at radius 2 is 1.90 bits per heavy atom. The van der Waals surface area contributed by atoms with Gasteiger partial charge in [0, 0.05) is 22.6 Å². The summed E-state index contributed by atoms with van der Waals surface area (Å²) in [6.45, 7) is 0. The van der Waals surface area contributed by atoms with Crippen molar-refractivity contribution in [3.8, 4) is 0 Å². The van der Waals surface area contributed by atoms with Crippen molar-refractivity contribution in [1.29, 1.82) is 0 Å². The van der Waals surface area contributed by atoms with Crippen LogP contribution in [-0.4, -0.2) is 16.5 Å². The molecule has 6 heteroatoms. The number of Topliss-reactive ketones (excluding diaryl/α,β-unsaturated/α-hetero) is 1. The third-order valence-electron chi connectivity index (χ3n) is 2.56. The van der Waals surface area contributed by atoms with Crippen molar-refractivity contribution in [2.24, 2.45) is 0 Å². The molecule has 0 atom stereocenters. The molecule has 0 unspecified atom stereocenters. The van der Waals surface area contributed by atoms with Crippen molar-refractivity contribution in [3.63, 3.8) is 0 Å². The molecule has 0 amide bonds. The third-order valence-corrected chi connectivity index (χ3v) is 3.58. The maximum Gasteiger partial charge on any atom is 0.269 e. The Morgan fingerprint density at radius 1 is 1.20 bits per heavy atom. The van der Waals surface area contributed by atoms with Crippen LogP contribution < -0.4 is 0 Å². The van der Waals surface area contributed by atoms with E-state index in [9.17, 15) is 19.3 Å². The number of nitro benzene ring substituents is 1. The van der Waals surface area contributed by atoms with Gasteiger partial charge in [0.15, 0.2) is 5.78 Å². The summed E-state index contributed by atoms with van der Waals surface area (Å²) in [6, 6.07) is 11.5. The second-order valence-electron chi connectivity index (χ2n) is 3.97. The van der Waals surface area contributed by atoms with Crippen LogP contribution in [0.2, 0.25) is 0 Å². The lowest BCUT2D eigenvalue weighted by atomic mass is 10.1. The lowest BCUT2D eigenvalue weighted by Gasteiger charge is -2.02. The van der Waals surface area contributed by atoms with Gasteiger partial charge in [-0.1, -0.05) is 12.1 Å². The maximum atomic E-state index is 13.0. The van der Waals surface area contributed by atoms with Crippen LogP contribution >= 0.6 is 11.8 Å². The number of ketones is 1. The summed E-state index contributed by atoms with van der Waals surface area (Å²) < 4.78 is 13.0. The molecule has 0 aliphatic heterocycles. The first kappa shape index (κ1) is 14.2. The number of hydrogen-bond donors (Lipinski definition) is 0. The number of nitrogens with zero attached hydrogens (tertiary/aromatic N) is 1. The van der Waals surface area contributed by atoms with Crippen molar-refractivity contribution in [2.75, 3.05) is 5.75 Å². The fraction of sp³-hybridized carbons (Fsp3) is 0.0714. The molecule has 0 bridgehead atoms. The van der Waals surface area contributed by atoms with Crippen LogP contribution in [0, 0.1) is 15.9 Å². The molecule has 2 rings (SSSR count). The predicted octanol–water partition coefficient (Wildman–Crippen LogP) is 3.71. The third kappa shape index (κ3) is 3.64. The van der Waals surface area contributed by atoms with Crippen LogP contribution in [0.1, 0.15) is 10.4 Å². The zero-order chi connectivity index (χ0) is 14.5. The highest BCUT2D eigenvalue weighted by atomic mass is 32.2. The molecule has 0 radical (unpaired) electrons. The first-order chi connectivity index (χ1) is 9.56. The molecule has 0 aromatic heterocycles. The summed E-state index contributed by atoms with van der Waals surface area (Å²) in [7, 11) is 0. The summed E-state index contributed by atoms with van der Waals surface area (Å²) in [5.74, 6) is -0.481. The summed E-state index contributed by atoms with van der Waals surface area (Å²) in [6.07, 6.45) is 0. The van der Waals surface area contributed by atoms with Gasteiger partial charge in [-0.15, -0.1) is 11.8 Å². The molecule has 0 heterocycles. The van der Waals surface area contributed by atoms with E-state index < -0.39 is 10.7 Å². The van der Waals surface area contributed by atoms with Gasteiger partial charge in [0.25, 0.3) is 5.69 Å². The van der Waals surface area contributed by atoms with Gasteiger partial charge in [0.1, 0.15) is 5.82 Å². The number of carbonyl (C=O) groups excluding carboxylic acids is 1. The Labute approximate surface area is 118 Å². The molecule has 0 N–H and O–H groups in total. The van der Waals surface area contributed by atoms with Crippen LogP contribution in [0.4, 0.5) is 10.1 Å². The van der Waals surface area contributed by atoms with Crippen molar-refractivity contribution < 1.29 is 14.1 Å². The molecule has 4 nitrogen and oxygen atoms in total. The number of rotatable bonds is 5. The molecular formula is C14H10FNO3S. The summed E-state index contributed by atoms with van der Waals surface area (Å²) in [4.78, 5) is 22.6. The molecule has 0 saturated heterocycles. The van der Waals surface area contributed by atoms with E-state index in [0.29, 0.717) is 5.56 Å². The van der Waals surface area contributed by atoms with Crippen LogP contribution in [0.15, 0.2) is 53.4 Å². The molecule has 102 valence electrons. The van der Waals surface area contributed by atoms with E-state index in [1.165, 1.54) is 42.1 Å². The van der Waals surface area contributed by atoms with Crippen LogP contribution in [0.5, 0.6) is 0 Å². The standard InChI is InChI=1S/C14H10FNO3S/c15-11-3-1-2-10(8-11)14(17)9-20-13-6-4-12(5-7-13)16(18)19/h1-8H,9H2. The first-order valence-corrected chi connectivity index (χ1v) is 6.71. The maximum absolute atomic E-state index is 13.0. The Bertz CT molecular complexity index is 643. The van der Waals surface area contributed by atoms with Crippen LogP contribution in [0.25, 0.3) is 0 Å². The molecular weight excluding hydrogens is 281 g/mol. The fourth-order valence-electron chi connectivity index (χ4n) is 1.56. The van der Waals surface area contributed by atoms with Gasteiger partial charge in [-0.25, -0.2) is 4.39 Å². The van der Waals surface area contributed by atoms with E-state index in [2.05, 4.69) is 0 Å². The average molecular weight is 291 g/mol. The van der Waals surface area contributed by atoms with Crippen molar-refractivity contribution in [3.05, 3.63) is 70.0 Å². The summed E-state index contributed by atoms with van der Waals surface area (Å²) in [5.41, 5.74) is 0.324. The van der Waals surface area contributed by atoms with Gasteiger partial charge in [0.05, 0.1) is 10.7 Å². The molecule has 0 aliphatic carbocycles. The predicted molar refractivity (Wildman–Crippen MR) is 74.6 cm³/mol. The van der Waals surface area contributed by atoms with Crippen LogP contribution in [0.3, 0.4) is 0 Å². The Kier molecular flexibility index (Phi) is 4.47. The lowest BCUT2D eigenvalue weighted by molar-refractivity contribution is -0.384. The number of halogens is 1. The highest BCUT2D eigenvalue weighted by Crippen LogP contribution is 2.22. The molecule has 2 aromatic carbocycles. The quantitative estimate of drug-likeness (QED) is 0.364. The Balaban J connectivity index is 1.98. The van der Waals surface area contributed by atoms with E-state index in [4.69, 9.17) is 0 Å². The number of nitro groups is 1. The number of non-ortho nitro benzene ring substituents is 1. The molecule has 0 saturated carbocycles. The van der Waals surface area contributed by atoms with E-state index in [1.807, 2.05) is 0 Å². The second-order valence-corrected chi connectivity index (χ2v) is 5.02. The smallest absolute Gasteiger partial charge is 0.269 e. The highest BCUT2D eigenvalue weighted by molar-refractivity contribution is 8.00. The number of thioether (sulfide) groups is 1. The van der Waals surface area contributed by atoms with E-state index in [0.717, 1.165) is 4.90 Å². The minimum absolute atomic E-state index is 0.00538. The van der Waals surface area contributed by atoms with E-state index in [-0.39, 0.29) is 17.2 Å². The van der Waals surface area contributed by atoms with E-state index in [1.54, 1.807) is 18.2 Å². The van der Waals surface area contributed by atoms with Crippen molar-refractivity contribution in [1.82, 2.24) is 0 Å². The fourth-order valence-corrected chi connectivity index (χ4v) is 2.35. The van der Waals surface area contributed by atoms with Crippen molar-refractivity contribution in [2.45, 2.75) is 4.90 Å². The molecule has 0 aliphatic rings. The zero-order valence-electron chi connectivity index (χ0n) is 10.3. The van der Waals surface area contributed by atoms with Gasteiger partial charge in [0.2, 0.25) is 0 Å². The zero-order valence-corrected chi connectivity index (χ0v) is 11.1. The van der Waals surface area contributed by atoms with Gasteiger partial charge in [-0.3, -0.25) is 14.9 Å². The van der Waals surface area contributed by atoms with Crippen molar-refractivity contribution >= 4 is 23.2 Å². The highest BCUT2D eigenvalue weighted by Gasteiger charge is 2.09.